The van der Waals surface area contributed by atoms with E-state index in [-0.39, 0.29) is 36.4 Å². The van der Waals surface area contributed by atoms with Crippen LogP contribution in [-0.2, 0) is 20.9 Å². The van der Waals surface area contributed by atoms with Gasteiger partial charge in [0.05, 0.1) is 12.6 Å². The van der Waals surface area contributed by atoms with Gasteiger partial charge in [-0.25, -0.2) is 0 Å². The highest BCUT2D eigenvalue weighted by Crippen LogP contribution is 2.29. The van der Waals surface area contributed by atoms with Crippen molar-refractivity contribution in [2.24, 2.45) is 11.7 Å². The van der Waals surface area contributed by atoms with Gasteiger partial charge in [0.25, 0.3) is 0 Å². The number of benzene rings is 1. The smallest absolute Gasteiger partial charge is 0.240 e. The molecule has 3 rings (SSSR count). The van der Waals surface area contributed by atoms with Crippen LogP contribution in [0.3, 0.4) is 0 Å². The number of carbonyl (C=O) groups excluding carboxylic acids is 3. The van der Waals surface area contributed by atoms with Gasteiger partial charge in [0.15, 0.2) is 0 Å². The number of fused-ring (bicyclic) bond motifs is 1. The average molecular weight is 401 g/mol. The van der Waals surface area contributed by atoms with E-state index in [4.69, 9.17) is 5.73 Å². The minimum Gasteiger partial charge on any atom is -0.368 e. The second-order valence-electron chi connectivity index (χ2n) is 8.59. The highest BCUT2D eigenvalue weighted by molar-refractivity contribution is 5.85. The van der Waals surface area contributed by atoms with Crippen molar-refractivity contribution in [3.63, 3.8) is 0 Å². The second-order valence-corrected chi connectivity index (χ2v) is 8.59. The highest BCUT2D eigenvalue weighted by Gasteiger charge is 2.43. The number of hydrogen-bond acceptors (Lipinski definition) is 4. The molecule has 0 saturated carbocycles. The Morgan fingerprint density at radius 2 is 1.97 bits per heavy atom. The lowest BCUT2D eigenvalue weighted by Gasteiger charge is -2.43. The first-order chi connectivity index (χ1) is 13.8. The van der Waals surface area contributed by atoms with E-state index in [0.717, 1.165) is 24.9 Å². The summed E-state index contributed by atoms with van der Waals surface area (Å²) in [6.07, 6.45) is 2.11. The van der Waals surface area contributed by atoms with Crippen LogP contribution in [0.1, 0.15) is 38.7 Å². The van der Waals surface area contributed by atoms with Crippen molar-refractivity contribution in [1.82, 2.24) is 14.7 Å². The molecule has 3 amide bonds. The van der Waals surface area contributed by atoms with Crippen LogP contribution in [0.2, 0.25) is 0 Å². The van der Waals surface area contributed by atoms with Crippen LogP contribution in [0.5, 0.6) is 0 Å². The van der Waals surface area contributed by atoms with Gasteiger partial charge in [-0.15, -0.1) is 0 Å². The molecule has 0 bridgehead atoms. The molecular weight excluding hydrogens is 368 g/mol. The monoisotopic (exact) mass is 400 g/mol. The summed E-state index contributed by atoms with van der Waals surface area (Å²) in [5, 5.41) is 0. The van der Waals surface area contributed by atoms with E-state index in [1.807, 2.05) is 49.1 Å². The van der Waals surface area contributed by atoms with Gasteiger partial charge in [0.2, 0.25) is 17.7 Å². The van der Waals surface area contributed by atoms with Crippen molar-refractivity contribution in [3.8, 4) is 0 Å². The molecule has 1 aromatic rings. The van der Waals surface area contributed by atoms with Crippen LogP contribution in [-0.4, -0.2) is 70.7 Å². The van der Waals surface area contributed by atoms with Crippen LogP contribution in [0.25, 0.3) is 0 Å². The summed E-state index contributed by atoms with van der Waals surface area (Å²) in [5.41, 5.74) is 6.45. The number of amides is 3. The molecule has 7 nitrogen and oxygen atoms in total. The number of rotatable bonds is 8. The van der Waals surface area contributed by atoms with Crippen molar-refractivity contribution in [1.29, 1.82) is 0 Å². The number of piperazine rings is 1. The molecule has 2 N–H and O–H groups in total. The number of hydrogen-bond donors (Lipinski definition) is 1. The molecule has 0 aromatic heterocycles. The molecule has 0 radical (unpaired) electrons. The summed E-state index contributed by atoms with van der Waals surface area (Å²) in [5.74, 6) is -0.156. The predicted molar refractivity (Wildman–Crippen MR) is 111 cm³/mol. The van der Waals surface area contributed by atoms with E-state index in [0.29, 0.717) is 26.1 Å². The number of carbonyl (C=O) groups is 3. The molecular formula is C22H32N4O3. The predicted octanol–water partition coefficient (Wildman–Crippen LogP) is 1.22. The Labute approximate surface area is 172 Å². The molecule has 7 heteroatoms. The Bertz CT molecular complexity index is 737. The van der Waals surface area contributed by atoms with Gasteiger partial charge in [-0.3, -0.25) is 19.3 Å². The van der Waals surface area contributed by atoms with E-state index in [9.17, 15) is 14.4 Å². The maximum absolute atomic E-state index is 13.0. The molecule has 2 aliphatic heterocycles. The van der Waals surface area contributed by atoms with Gasteiger partial charge < -0.3 is 15.5 Å². The highest BCUT2D eigenvalue weighted by atomic mass is 16.2. The Morgan fingerprint density at radius 3 is 2.62 bits per heavy atom. The van der Waals surface area contributed by atoms with E-state index in [1.165, 1.54) is 0 Å². The Hall–Kier alpha value is -2.41. The van der Waals surface area contributed by atoms with Crippen LogP contribution in [0, 0.1) is 5.92 Å². The molecule has 0 spiro atoms. The lowest BCUT2D eigenvalue weighted by atomic mass is 10.0. The molecule has 1 unspecified atom stereocenters. The van der Waals surface area contributed by atoms with Gasteiger partial charge in [-0.05, 0) is 30.9 Å². The molecule has 158 valence electrons. The van der Waals surface area contributed by atoms with Gasteiger partial charge >= 0.3 is 0 Å². The number of nitrogens with zero attached hydrogens (tertiary/aromatic N) is 3. The Morgan fingerprint density at radius 1 is 1.24 bits per heavy atom. The van der Waals surface area contributed by atoms with Crippen LogP contribution in [0.15, 0.2) is 30.3 Å². The maximum Gasteiger partial charge on any atom is 0.240 e. The van der Waals surface area contributed by atoms with Gasteiger partial charge in [0.1, 0.15) is 0 Å². The lowest BCUT2D eigenvalue weighted by molar-refractivity contribution is -0.147. The standard InChI is InChI=1S/C22H32N4O3/c1-16(2)12-24(15-20(23)27)21(28)11-18-14-25(13-17-7-4-3-5-8-17)22(29)19-9-6-10-26(18)19/h3-5,7-8,16,18-19H,6,9-15H2,1-2H3,(H2,23,27)/t18?,19-/m0/s1. The molecule has 2 aliphatic rings. The topological polar surface area (TPSA) is 87.0 Å². The normalized spacial score (nSPS) is 22.0. The third-order valence-corrected chi connectivity index (χ3v) is 5.70. The summed E-state index contributed by atoms with van der Waals surface area (Å²) in [4.78, 5) is 43.1. The van der Waals surface area contributed by atoms with Crippen molar-refractivity contribution in [3.05, 3.63) is 35.9 Å². The van der Waals surface area contributed by atoms with Gasteiger partial charge in [-0.2, -0.15) is 0 Å². The number of nitrogens with two attached hydrogens (primary N) is 1. The zero-order chi connectivity index (χ0) is 21.0. The minimum atomic E-state index is -0.498. The van der Waals surface area contributed by atoms with E-state index in [1.54, 1.807) is 4.90 Å². The maximum atomic E-state index is 13.0. The molecule has 0 aliphatic carbocycles. The van der Waals surface area contributed by atoms with Crippen molar-refractivity contribution < 1.29 is 14.4 Å². The summed E-state index contributed by atoms with van der Waals surface area (Å²) in [7, 11) is 0. The number of primary amides is 1. The fourth-order valence-corrected chi connectivity index (χ4v) is 4.49. The minimum absolute atomic E-state index is 0.0287. The molecule has 2 atom stereocenters. The van der Waals surface area contributed by atoms with Gasteiger partial charge in [-0.1, -0.05) is 44.2 Å². The average Bonchev–Trinajstić information content (AvgIpc) is 3.15. The quantitative estimate of drug-likeness (QED) is 0.711. The molecule has 2 fully saturated rings. The van der Waals surface area contributed by atoms with Crippen molar-refractivity contribution >= 4 is 17.7 Å². The van der Waals surface area contributed by atoms with Crippen molar-refractivity contribution in [2.45, 2.75) is 51.7 Å². The third-order valence-electron chi connectivity index (χ3n) is 5.70. The van der Waals surface area contributed by atoms with Crippen molar-refractivity contribution in [2.75, 3.05) is 26.2 Å². The summed E-state index contributed by atoms with van der Waals surface area (Å²) in [6, 6.07) is 9.78. The van der Waals surface area contributed by atoms with Crippen LogP contribution < -0.4 is 5.73 Å². The molecule has 2 saturated heterocycles. The van der Waals surface area contributed by atoms with Gasteiger partial charge in [0, 0.05) is 32.1 Å². The van der Waals surface area contributed by atoms with E-state index < -0.39 is 5.91 Å². The summed E-state index contributed by atoms with van der Waals surface area (Å²) < 4.78 is 0. The lowest BCUT2D eigenvalue weighted by Crippen LogP contribution is -2.60. The first-order valence-electron chi connectivity index (χ1n) is 10.5. The zero-order valence-corrected chi connectivity index (χ0v) is 17.4. The second kappa shape index (κ2) is 9.39. The third kappa shape index (κ3) is 5.35. The first-order valence-corrected chi connectivity index (χ1v) is 10.5. The zero-order valence-electron chi connectivity index (χ0n) is 17.4. The van der Waals surface area contributed by atoms with E-state index in [2.05, 4.69) is 4.90 Å². The molecule has 1 aromatic carbocycles. The summed E-state index contributed by atoms with van der Waals surface area (Å²) in [6.45, 7) is 6.41. The molecule has 2 heterocycles. The van der Waals surface area contributed by atoms with Crippen LogP contribution >= 0.6 is 0 Å². The summed E-state index contributed by atoms with van der Waals surface area (Å²) >= 11 is 0. The van der Waals surface area contributed by atoms with Crippen LogP contribution in [0.4, 0.5) is 0 Å². The first kappa shape index (κ1) is 21.3. The SMILES string of the molecule is CC(C)CN(CC(N)=O)C(=O)CC1CN(Cc2ccccc2)C(=O)[C@@H]2CCCN12. The Kier molecular flexibility index (Phi) is 6.90. The van der Waals surface area contributed by atoms with E-state index >= 15 is 0 Å². The molecule has 29 heavy (non-hydrogen) atoms. The fourth-order valence-electron chi connectivity index (χ4n) is 4.49. The Balaban J connectivity index is 1.73. The fraction of sp³-hybridized carbons (Fsp3) is 0.591. The largest absolute Gasteiger partial charge is 0.368 e.